The highest BCUT2D eigenvalue weighted by molar-refractivity contribution is 14.1. The maximum Gasteiger partial charge on any atom is 0.239 e. The van der Waals surface area contributed by atoms with Crippen LogP contribution in [0.5, 0.6) is 0 Å². The van der Waals surface area contributed by atoms with Crippen molar-refractivity contribution in [1.82, 2.24) is 5.32 Å². The normalized spacial score (nSPS) is 27.9. The van der Waals surface area contributed by atoms with Gasteiger partial charge in [-0.3, -0.25) is 14.9 Å². The molecule has 5 heteroatoms. The Balaban J connectivity index is 2.29. The number of hydrogen-bond donors (Lipinski definition) is 1. The standard InChI is InChI=1S/C17H15ClINO2/c1-16(2,10-6-4-3-5-7-10)17-12(19)9-8-11(18)13(17)14(21)20-15(17)22/h3-9,13H,1-2H3,(H,20,21,22). The number of fused-ring (bicyclic) bond motifs is 1. The van der Waals surface area contributed by atoms with Crippen molar-refractivity contribution in [1.29, 1.82) is 0 Å². The Morgan fingerprint density at radius 3 is 2.45 bits per heavy atom. The number of imide groups is 1. The predicted molar refractivity (Wildman–Crippen MR) is 94.6 cm³/mol. The van der Waals surface area contributed by atoms with Crippen LogP contribution in [-0.4, -0.2) is 11.8 Å². The van der Waals surface area contributed by atoms with Gasteiger partial charge < -0.3 is 0 Å². The van der Waals surface area contributed by atoms with Crippen molar-refractivity contribution in [2.75, 3.05) is 0 Å². The molecule has 0 spiro atoms. The van der Waals surface area contributed by atoms with E-state index in [2.05, 4.69) is 27.9 Å². The molecule has 1 aliphatic heterocycles. The first-order chi connectivity index (χ1) is 10.3. The molecule has 0 saturated carbocycles. The van der Waals surface area contributed by atoms with Crippen LogP contribution in [-0.2, 0) is 15.0 Å². The van der Waals surface area contributed by atoms with Gasteiger partial charge in [-0.2, -0.15) is 0 Å². The van der Waals surface area contributed by atoms with Crippen molar-refractivity contribution in [2.45, 2.75) is 19.3 Å². The van der Waals surface area contributed by atoms with E-state index in [4.69, 9.17) is 11.6 Å². The van der Waals surface area contributed by atoms with Crippen LogP contribution in [0.25, 0.3) is 0 Å². The van der Waals surface area contributed by atoms with Crippen LogP contribution in [0, 0.1) is 11.3 Å². The van der Waals surface area contributed by atoms with Gasteiger partial charge >= 0.3 is 0 Å². The van der Waals surface area contributed by atoms with E-state index in [-0.39, 0.29) is 11.8 Å². The highest BCUT2D eigenvalue weighted by atomic mass is 127. The van der Waals surface area contributed by atoms with E-state index in [1.807, 2.05) is 50.3 Å². The first-order valence-electron chi connectivity index (χ1n) is 6.97. The molecule has 2 unspecified atom stereocenters. The van der Waals surface area contributed by atoms with Gasteiger partial charge in [-0.1, -0.05) is 61.9 Å². The molecule has 1 aromatic carbocycles. The third kappa shape index (κ3) is 1.86. The molecule has 3 nitrogen and oxygen atoms in total. The van der Waals surface area contributed by atoms with E-state index in [0.29, 0.717) is 5.03 Å². The minimum atomic E-state index is -1.00. The SMILES string of the molecule is CC(C)(c1ccccc1)C12C(=O)NC(=O)C1C(Cl)=CC=C2I. The van der Waals surface area contributed by atoms with Crippen molar-refractivity contribution >= 4 is 46.0 Å². The van der Waals surface area contributed by atoms with Gasteiger partial charge in [-0.15, -0.1) is 0 Å². The van der Waals surface area contributed by atoms with Crippen LogP contribution in [0.15, 0.2) is 51.1 Å². The lowest BCUT2D eigenvalue weighted by Gasteiger charge is -2.46. The number of nitrogens with one attached hydrogen (secondary N) is 1. The molecule has 0 bridgehead atoms. The maximum absolute atomic E-state index is 12.9. The largest absolute Gasteiger partial charge is 0.295 e. The molecule has 1 fully saturated rings. The Bertz CT molecular complexity index is 723. The molecule has 3 rings (SSSR count). The van der Waals surface area contributed by atoms with Crippen molar-refractivity contribution in [3.63, 3.8) is 0 Å². The first kappa shape index (κ1) is 15.7. The Labute approximate surface area is 147 Å². The van der Waals surface area contributed by atoms with E-state index in [0.717, 1.165) is 9.14 Å². The molecule has 1 aliphatic carbocycles. The molecule has 2 atom stereocenters. The molecule has 2 amide bonds. The van der Waals surface area contributed by atoms with Gasteiger partial charge in [-0.05, 0) is 34.2 Å². The van der Waals surface area contributed by atoms with Crippen LogP contribution in [0.4, 0.5) is 0 Å². The van der Waals surface area contributed by atoms with Crippen molar-refractivity contribution in [2.24, 2.45) is 11.3 Å². The molecule has 22 heavy (non-hydrogen) atoms. The summed E-state index contributed by atoms with van der Waals surface area (Å²) >= 11 is 8.49. The van der Waals surface area contributed by atoms with Crippen molar-refractivity contribution in [3.8, 4) is 0 Å². The van der Waals surface area contributed by atoms with Gasteiger partial charge in [0, 0.05) is 14.0 Å². The zero-order valence-electron chi connectivity index (χ0n) is 12.2. The molecular weight excluding hydrogens is 413 g/mol. The molecule has 0 radical (unpaired) electrons. The Morgan fingerprint density at radius 1 is 1.18 bits per heavy atom. The van der Waals surface area contributed by atoms with Gasteiger partial charge in [0.1, 0.15) is 5.41 Å². The first-order valence-corrected chi connectivity index (χ1v) is 8.43. The molecule has 1 heterocycles. The van der Waals surface area contributed by atoms with Crippen molar-refractivity contribution in [3.05, 3.63) is 56.7 Å². The Morgan fingerprint density at radius 2 is 1.82 bits per heavy atom. The molecule has 0 aromatic heterocycles. The molecule has 2 aliphatic rings. The van der Waals surface area contributed by atoms with Crippen molar-refractivity contribution < 1.29 is 9.59 Å². The van der Waals surface area contributed by atoms with Crippen LogP contribution in [0.3, 0.4) is 0 Å². The summed E-state index contributed by atoms with van der Waals surface area (Å²) in [5.41, 5.74) is -0.590. The van der Waals surface area contributed by atoms with E-state index >= 15 is 0 Å². The number of carbonyl (C=O) groups excluding carboxylic acids is 2. The number of amides is 2. The summed E-state index contributed by atoms with van der Waals surface area (Å²) in [5.74, 6) is -1.27. The number of halogens is 2. The average molecular weight is 428 g/mol. The van der Waals surface area contributed by atoms with Crippen LogP contribution in [0.2, 0.25) is 0 Å². The summed E-state index contributed by atoms with van der Waals surface area (Å²) in [6, 6.07) is 9.78. The summed E-state index contributed by atoms with van der Waals surface area (Å²) in [5, 5.41) is 2.90. The number of allylic oxidation sites excluding steroid dienone is 2. The van der Waals surface area contributed by atoms with Crippen LogP contribution < -0.4 is 5.32 Å². The molecule has 1 saturated heterocycles. The second-order valence-corrected chi connectivity index (χ2v) is 7.72. The van der Waals surface area contributed by atoms with E-state index in [1.54, 1.807) is 6.08 Å². The summed E-state index contributed by atoms with van der Waals surface area (Å²) in [4.78, 5) is 25.2. The summed E-state index contributed by atoms with van der Waals surface area (Å²) in [6.45, 7) is 3.99. The summed E-state index contributed by atoms with van der Waals surface area (Å²) in [6.07, 6.45) is 3.55. The highest BCUT2D eigenvalue weighted by Crippen LogP contribution is 2.60. The monoisotopic (exact) mass is 427 g/mol. The Kier molecular flexibility index (Phi) is 3.72. The minimum absolute atomic E-state index is 0.275. The van der Waals surface area contributed by atoms with E-state index in [1.165, 1.54) is 0 Å². The zero-order valence-corrected chi connectivity index (χ0v) is 15.1. The second kappa shape index (κ2) is 5.20. The number of hydrogen-bond acceptors (Lipinski definition) is 2. The minimum Gasteiger partial charge on any atom is -0.295 e. The predicted octanol–water partition coefficient (Wildman–Crippen LogP) is 3.68. The zero-order chi connectivity index (χ0) is 16.1. The lowest BCUT2D eigenvalue weighted by atomic mass is 9.56. The lowest BCUT2D eigenvalue weighted by Crippen LogP contribution is -2.51. The lowest BCUT2D eigenvalue weighted by molar-refractivity contribution is -0.129. The fraction of sp³-hybridized carbons (Fsp3) is 0.294. The number of carbonyl (C=O) groups is 2. The van der Waals surface area contributed by atoms with Crippen LogP contribution >= 0.6 is 34.2 Å². The number of rotatable bonds is 2. The fourth-order valence-electron chi connectivity index (χ4n) is 3.59. The van der Waals surface area contributed by atoms with E-state index in [9.17, 15) is 9.59 Å². The molecule has 114 valence electrons. The third-order valence-corrected chi connectivity index (χ3v) is 6.37. The van der Waals surface area contributed by atoms with Gasteiger partial charge in [-0.25, -0.2) is 0 Å². The smallest absolute Gasteiger partial charge is 0.239 e. The van der Waals surface area contributed by atoms with Crippen LogP contribution in [0.1, 0.15) is 19.4 Å². The third-order valence-electron chi connectivity index (χ3n) is 4.81. The van der Waals surface area contributed by atoms with Gasteiger partial charge in [0.25, 0.3) is 0 Å². The second-order valence-electron chi connectivity index (χ2n) is 6.12. The average Bonchev–Trinajstić information content (AvgIpc) is 2.77. The molecular formula is C17H15ClINO2. The van der Waals surface area contributed by atoms with E-state index < -0.39 is 16.7 Å². The highest BCUT2D eigenvalue weighted by Gasteiger charge is 2.66. The van der Waals surface area contributed by atoms with Gasteiger partial charge in [0.15, 0.2) is 0 Å². The summed E-state index contributed by atoms with van der Waals surface area (Å²) in [7, 11) is 0. The molecule has 1 N–H and O–H groups in total. The molecule has 1 aromatic rings. The maximum atomic E-state index is 12.9. The Hall–Kier alpha value is -1.14. The van der Waals surface area contributed by atoms with Gasteiger partial charge in [0.2, 0.25) is 11.8 Å². The quantitative estimate of drug-likeness (QED) is 0.578. The number of benzene rings is 1. The topological polar surface area (TPSA) is 46.2 Å². The fourth-order valence-corrected chi connectivity index (χ4v) is 5.33. The van der Waals surface area contributed by atoms with Gasteiger partial charge in [0.05, 0.1) is 5.92 Å². The summed E-state index contributed by atoms with van der Waals surface area (Å²) < 4.78 is 0.830.